The summed E-state index contributed by atoms with van der Waals surface area (Å²) in [4.78, 5) is 0. The van der Waals surface area contributed by atoms with Crippen molar-refractivity contribution in [3.05, 3.63) is 29.7 Å². The Hall–Kier alpha value is -1.88. The highest BCUT2D eigenvalue weighted by Crippen LogP contribution is 2.25. The first-order chi connectivity index (χ1) is 8.70. The lowest BCUT2D eigenvalue weighted by molar-refractivity contribution is 0.469. The zero-order valence-corrected chi connectivity index (χ0v) is 10.6. The third kappa shape index (κ3) is 2.87. The number of hydrogen-bond acceptors (Lipinski definition) is 5. The molecule has 0 bridgehead atoms. The number of aromatic nitrogens is 2. The molecular formula is C13H17N3O2. The molecule has 0 saturated carbocycles. The van der Waals surface area contributed by atoms with Gasteiger partial charge in [-0.05, 0) is 44.6 Å². The molecule has 0 aliphatic heterocycles. The summed E-state index contributed by atoms with van der Waals surface area (Å²) in [6.07, 6.45) is 1.71. The topological polar surface area (TPSA) is 71.2 Å². The van der Waals surface area contributed by atoms with Crippen LogP contribution in [-0.4, -0.2) is 28.9 Å². The van der Waals surface area contributed by atoms with Crippen LogP contribution in [0.25, 0.3) is 11.5 Å². The fraction of sp³-hybridized carbons (Fsp3) is 0.385. The minimum absolute atomic E-state index is 0.238. The Balaban J connectivity index is 2.11. The van der Waals surface area contributed by atoms with Gasteiger partial charge in [-0.25, -0.2) is 0 Å². The molecule has 0 radical (unpaired) electrons. The molecule has 5 heteroatoms. The Kier molecular flexibility index (Phi) is 3.94. The number of aromatic hydroxyl groups is 1. The highest BCUT2D eigenvalue weighted by atomic mass is 16.4. The maximum absolute atomic E-state index is 9.64. The van der Waals surface area contributed by atoms with E-state index in [1.807, 2.05) is 26.1 Å². The van der Waals surface area contributed by atoms with Crippen LogP contribution in [0.4, 0.5) is 0 Å². The molecule has 18 heavy (non-hydrogen) atoms. The Morgan fingerprint density at radius 1 is 1.33 bits per heavy atom. The van der Waals surface area contributed by atoms with Crippen molar-refractivity contribution in [2.45, 2.75) is 19.8 Å². The molecule has 0 saturated heterocycles. The standard InChI is InChI=1S/C13H17N3O2/c1-9-5-6-10(8-11(9)17)13-16-15-12(18-13)4-3-7-14-2/h5-6,8,14,17H,3-4,7H2,1-2H3. The van der Waals surface area contributed by atoms with E-state index in [9.17, 15) is 5.11 Å². The first-order valence-electron chi connectivity index (χ1n) is 5.97. The fourth-order valence-electron chi connectivity index (χ4n) is 1.63. The van der Waals surface area contributed by atoms with Crippen molar-refractivity contribution in [3.63, 3.8) is 0 Å². The smallest absolute Gasteiger partial charge is 0.247 e. The summed E-state index contributed by atoms with van der Waals surface area (Å²) >= 11 is 0. The van der Waals surface area contributed by atoms with Crippen molar-refractivity contribution in [1.29, 1.82) is 0 Å². The number of hydrogen-bond donors (Lipinski definition) is 2. The second-order valence-electron chi connectivity index (χ2n) is 4.21. The quantitative estimate of drug-likeness (QED) is 0.790. The van der Waals surface area contributed by atoms with E-state index in [-0.39, 0.29) is 5.75 Å². The van der Waals surface area contributed by atoms with E-state index in [1.165, 1.54) is 0 Å². The van der Waals surface area contributed by atoms with Crippen LogP contribution >= 0.6 is 0 Å². The lowest BCUT2D eigenvalue weighted by atomic mass is 10.1. The zero-order valence-electron chi connectivity index (χ0n) is 10.6. The van der Waals surface area contributed by atoms with Gasteiger partial charge in [0.15, 0.2) is 0 Å². The molecule has 5 nitrogen and oxygen atoms in total. The molecule has 0 aliphatic rings. The number of phenols is 1. The Bertz CT molecular complexity index is 523. The van der Waals surface area contributed by atoms with Crippen molar-refractivity contribution in [2.24, 2.45) is 0 Å². The molecule has 0 aliphatic carbocycles. The van der Waals surface area contributed by atoms with Gasteiger partial charge in [-0.2, -0.15) is 0 Å². The summed E-state index contributed by atoms with van der Waals surface area (Å²) in [5.41, 5.74) is 1.57. The number of nitrogens with zero attached hydrogens (tertiary/aromatic N) is 2. The second-order valence-corrected chi connectivity index (χ2v) is 4.21. The van der Waals surface area contributed by atoms with Crippen LogP contribution in [0.3, 0.4) is 0 Å². The molecule has 1 heterocycles. The Morgan fingerprint density at radius 3 is 2.89 bits per heavy atom. The molecule has 0 fully saturated rings. The van der Waals surface area contributed by atoms with Gasteiger partial charge in [-0.3, -0.25) is 0 Å². The van der Waals surface area contributed by atoms with Crippen LogP contribution in [0.1, 0.15) is 17.9 Å². The largest absolute Gasteiger partial charge is 0.508 e. The fourth-order valence-corrected chi connectivity index (χ4v) is 1.63. The molecule has 2 rings (SSSR count). The Morgan fingerprint density at radius 2 is 2.17 bits per heavy atom. The number of phenolic OH excluding ortho intramolecular Hbond substituents is 1. The van der Waals surface area contributed by atoms with Crippen molar-refractivity contribution in [1.82, 2.24) is 15.5 Å². The van der Waals surface area contributed by atoms with E-state index in [0.29, 0.717) is 11.8 Å². The van der Waals surface area contributed by atoms with Gasteiger partial charge in [0.2, 0.25) is 11.8 Å². The second kappa shape index (κ2) is 5.64. The molecule has 1 aromatic carbocycles. The van der Waals surface area contributed by atoms with E-state index >= 15 is 0 Å². The van der Waals surface area contributed by atoms with Crippen LogP contribution in [0.15, 0.2) is 22.6 Å². The number of rotatable bonds is 5. The Labute approximate surface area is 106 Å². The van der Waals surface area contributed by atoms with E-state index in [2.05, 4.69) is 15.5 Å². The molecular weight excluding hydrogens is 230 g/mol. The van der Waals surface area contributed by atoms with Crippen molar-refractivity contribution < 1.29 is 9.52 Å². The summed E-state index contributed by atoms with van der Waals surface area (Å²) in [7, 11) is 1.91. The van der Waals surface area contributed by atoms with Crippen LogP contribution in [0, 0.1) is 6.92 Å². The average Bonchev–Trinajstić information content (AvgIpc) is 2.82. The van der Waals surface area contributed by atoms with Gasteiger partial charge in [0.1, 0.15) is 5.75 Å². The van der Waals surface area contributed by atoms with Gasteiger partial charge in [0.05, 0.1) is 0 Å². The third-order valence-corrected chi connectivity index (χ3v) is 2.74. The van der Waals surface area contributed by atoms with Gasteiger partial charge in [-0.15, -0.1) is 10.2 Å². The van der Waals surface area contributed by atoms with Crippen LogP contribution in [0.2, 0.25) is 0 Å². The third-order valence-electron chi connectivity index (χ3n) is 2.74. The maximum atomic E-state index is 9.64. The zero-order chi connectivity index (χ0) is 13.0. The summed E-state index contributed by atoms with van der Waals surface area (Å²) in [5.74, 6) is 1.31. The highest BCUT2D eigenvalue weighted by molar-refractivity contribution is 5.57. The molecule has 0 unspecified atom stereocenters. The van der Waals surface area contributed by atoms with E-state index in [4.69, 9.17) is 4.42 Å². The molecule has 96 valence electrons. The first-order valence-corrected chi connectivity index (χ1v) is 5.97. The SMILES string of the molecule is CNCCCc1nnc(-c2ccc(C)c(O)c2)o1. The van der Waals surface area contributed by atoms with Crippen LogP contribution < -0.4 is 5.32 Å². The molecule has 2 aromatic rings. The first kappa shape index (κ1) is 12.6. The molecule has 1 aromatic heterocycles. The summed E-state index contributed by atoms with van der Waals surface area (Å²) < 4.78 is 5.55. The van der Waals surface area contributed by atoms with Crippen LogP contribution in [0.5, 0.6) is 5.75 Å². The summed E-state index contributed by atoms with van der Waals surface area (Å²) in [6.45, 7) is 2.76. The monoisotopic (exact) mass is 247 g/mol. The van der Waals surface area contributed by atoms with Crippen molar-refractivity contribution >= 4 is 0 Å². The molecule has 0 amide bonds. The summed E-state index contributed by atoms with van der Waals surface area (Å²) in [5, 5.41) is 20.7. The predicted molar refractivity (Wildman–Crippen MR) is 68.4 cm³/mol. The predicted octanol–water partition coefficient (Wildman–Crippen LogP) is 1.90. The molecule has 0 spiro atoms. The van der Waals surface area contributed by atoms with Crippen LogP contribution in [-0.2, 0) is 6.42 Å². The van der Waals surface area contributed by atoms with Gasteiger partial charge in [0, 0.05) is 12.0 Å². The lowest BCUT2D eigenvalue weighted by Gasteiger charge is -1.99. The molecule has 0 atom stereocenters. The number of aryl methyl sites for hydroxylation is 2. The average molecular weight is 247 g/mol. The van der Waals surface area contributed by atoms with Gasteiger partial charge in [0.25, 0.3) is 0 Å². The molecule has 2 N–H and O–H groups in total. The summed E-state index contributed by atoms with van der Waals surface area (Å²) in [6, 6.07) is 5.33. The van der Waals surface area contributed by atoms with E-state index < -0.39 is 0 Å². The number of nitrogens with one attached hydrogen (secondary N) is 1. The van der Waals surface area contributed by atoms with Crippen molar-refractivity contribution in [3.8, 4) is 17.2 Å². The van der Waals surface area contributed by atoms with Gasteiger partial charge >= 0.3 is 0 Å². The number of benzene rings is 1. The van der Waals surface area contributed by atoms with Crippen molar-refractivity contribution in [2.75, 3.05) is 13.6 Å². The van der Waals surface area contributed by atoms with Gasteiger partial charge in [-0.1, -0.05) is 6.07 Å². The normalized spacial score (nSPS) is 10.8. The van der Waals surface area contributed by atoms with E-state index in [1.54, 1.807) is 6.07 Å². The minimum Gasteiger partial charge on any atom is -0.508 e. The minimum atomic E-state index is 0.238. The lowest BCUT2D eigenvalue weighted by Crippen LogP contribution is -2.08. The van der Waals surface area contributed by atoms with E-state index in [0.717, 1.165) is 30.5 Å². The van der Waals surface area contributed by atoms with Gasteiger partial charge < -0.3 is 14.8 Å². The highest BCUT2D eigenvalue weighted by Gasteiger charge is 2.09. The maximum Gasteiger partial charge on any atom is 0.247 e.